The molecule has 0 aromatic heterocycles. The van der Waals surface area contributed by atoms with Crippen molar-refractivity contribution in [2.24, 2.45) is 0 Å². The van der Waals surface area contributed by atoms with E-state index in [0.29, 0.717) is 38.7 Å². The monoisotopic (exact) mass is 634 g/mol. The first-order chi connectivity index (χ1) is 19.8. The first kappa shape index (κ1) is 28.1. The van der Waals surface area contributed by atoms with E-state index in [1.807, 2.05) is 12.1 Å². The minimum absolute atomic E-state index is 0.0225. The minimum atomic E-state index is -0.856. The highest BCUT2D eigenvalue weighted by atomic mass is 79.9. The lowest BCUT2D eigenvalue weighted by molar-refractivity contribution is -0.122. The van der Waals surface area contributed by atoms with Crippen molar-refractivity contribution in [2.75, 3.05) is 4.90 Å². The van der Waals surface area contributed by atoms with Gasteiger partial charge in [0.1, 0.15) is 36.1 Å². The number of ether oxygens (including phenoxy) is 2. The highest BCUT2D eigenvalue weighted by molar-refractivity contribution is 9.10. The summed E-state index contributed by atoms with van der Waals surface area (Å²) in [5.41, 5.74) is 1.88. The summed E-state index contributed by atoms with van der Waals surface area (Å²) in [7, 11) is 0. The zero-order valence-electron chi connectivity index (χ0n) is 21.3. The van der Waals surface area contributed by atoms with Crippen LogP contribution in [0.15, 0.2) is 101 Å². The molecule has 41 heavy (non-hydrogen) atoms. The van der Waals surface area contributed by atoms with Crippen molar-refractivity contribution in [1.82, 2.24) is 5.32 Å². The molecule has 1 heterocycles. The van der Waals surface area contributed by atoms with Gasteiger partial charge in [-0.1, -0.05) is 48.0 Å². The Morgan fingerprint density at radius 2 is 1.61 bits per heavy atom. The molecule has 0 radical (unpaired) electrons. The van der Waals surface area contributed by atoms with Crippen LogP contribution in [-0.2, 0) is 22.8 Å². The lowest BCUT2D eigenvalue weighted by atomic mass is 10.1. The summed E-state index contributed by atoms with van der Waals surface area (Å²) in [5, 5.41) is 2.84. The van der Waals surface area contributed by atoms with Gasteiger partial charge in [-0.2, -0.15) is 0 Å². The van der Waals surface area contributed by atoms with E-state index in [0.717, 1.165) is 10.5 Å². The standard InChI is InChI=1S/C31H21BrClFN2O5/c32-26-16-20(7-14-28(26)41-18-21-3-1-2-4-27(21)34)15-25-29(37)35-31(39)36(30(25)38)23-10-12-24(13-11-23)40-17-19-5-8-22(33)9-6-19/h1-16H,17-18H2,(H,35,37,39)/b25-15+. The molecular weight excluding hydrogens is 615 g/mol. The van der Waals surface area contributed by atoms with E-state index in [2.05, 4.69) is 21.2 Å². The topological polar surface area (TPSA) is 84.9 Å². The van der Waals surface area contributed by atoms with Gasteiger partial charge >= 0.3 is 6.03 Å². The van der Waals surface area contributed by atoms with Gasteiger partial charge in [0, 0.05) is 10.6 Å². The molecular formula is C31H21BrClFN2O5. The van der Waals surface area contributed by atoms with Gasteiger partial charge in [0.05, 0.1) is 10.2 Å². The second-order valence-corrected chi connectivity index (χ2v) is 10.2. The molecule has 7 nitrogen and oxygen atoms in total. The Balaban J connectivity index is 1.29. The van der Waals surface area contributed by atoms with Crippen LogP contribution in [0.4, 0.5) is 14.9 Å². The zero-order chi connectivity index (χ0) is 28.9. The van der Waals surface area contributed by atoms with Crippen molar-refractivity contribution in [3.63, 3.8) is 0 Å². The quantitative estimate of drug-likeness (QED) is 0.165. The third kappa shape index (κ3) is 6.65. The first-order valence-electron chi connectivity index (χ1n) is 12.3. The van der Waals surface area contributed by atoms with E-state index in [1.165, 1.54) is 12.1 Å². The van der Waals surface area contributed by atoms with Crippen LogP contribution in [0.2, 0.25) is 5.02 Å². The van der Waals surface area contributed by atoms with Crippen LogP contribution in [0.5, 0.6) is 11.5 Å². The number of halogens is 3. The van der Waals surface area contributed by atoms with Crippen molar-refractivity contribution >= 4 is 57.1 Å². The van der Waals surface area contributed by atoms with E-state index in [9.17, 15) is 18.8 Å². The summed E-state index contributed by atoms with van der Waals surface area (Å²) in [6.45, 7) is 0.332. The van der Waals surface area contributed by atoms with Gasteiger partial charge in [0.15, 0.2) is 0 Å². The Morgan fingerprint density at radius 3 is 2.32 bits per heavy atom. The number of benzene rings is 4. The molecule has 4 aromatic rings. The number of rotatable bonds is 8. The summed E-state index contributed by atoms with van der Waals surface area (Å²) >= 11 is 9.32. The number of nitrogens with one attached hydrogen (secondary N) is 1. The SMILES string of the molecule is O=C1NC(=O)N(c2ccc(OCc3ccc(Cl)cc3)cc2)C(=O)/C1=C/c1ccc(OCc2ccccc2F)c(Br)c1. The van der Waals surface area contributed by atoms with E-state index in [1.54, 1.807) is 72.8 Å². The van der Waals surface area contributed by atoms with Crippen LogP contribution in [0.25, 0.3) is 6.08 Å². The second-order valence-electron chi connectivity index (χ2n) is 8.94. The normalized spacial score (nSPS) is 14.3. The highest BCUT2D eigenvalue weighted by Gasteiger charge is 2.36. The molecule has 4 aromatic carbocycles. The third-order valence-electron chi connectivity index (χ3n) is 6.12. The van der Waals surface area contributed by atoms with Crippen LogP contribution in [0, 0.1) is 5.82 Å². The van der Waals surface area contributed by atoms with Crippen molar-refractivity contribution < 1.29 is 28.2 Å². The van der Waals surface area contributed by atoms with Gasteiger partial charge in [0.2, 0.25) is 0 Å². The van der Waals surface area contributed by atoms with E-state index >= 15 is 0 Å². The van der Waals surface area contributed by atoms with Crippen molar-refractivity contribution in [3.8, 4) is 11.5 Å². The largest absolute Gasteiger partial charge is 0.489 e. The molecule has 1 aliphatic heterocycles. The molecule has 1 aliphatic rings. The summed E-state index contributed by atoms with van der Waals surface area (Å²) < 4.78 is 25.9. The van der Waals surface area contributed by atoms with E-state index in [4.69, 9.17) is 21.1 Å². The predicted octanol–water partition coefficient (Wildman–Crippen LogP) is 7.07. The molecule has 1 fully saturated rings. The smallest absolute Gasteiger partial charge is 0.335 e. The third-order valence-corrected chi connectivity index (χ3v) is 6.99. The molecule has 1 saturated heterocycles. The molecule has 4 amide bonds. The number of hydrogen-bond acceptors (Lipinski definition) is 5. The lowest BCUT2D eigenvalue weighted by Gasteiger charge is -2.26. The zero-order valence-corrected chi connectivity index (χ0v) is 23.6. The summed E-state index contributed by atoms with van der Waals surface area (Å²) in [4.78, 5) is 39.4. The van der Waals surface area contributed by atoms with Gasteiger partial charge in [-0.15, -0.1) is 0 Å². The van der Waals surface area contributed by atoms with Crippen LogP contribution in [-0.4, -0.2) is 17.8 Å². The molecule has 0 saturated carbocycles. The van der Waals surface area contributed by atoms with Crippen LogP contribution >= 0.6 is 27.5 Å². The molecule has 0 bridgehead atoms. The minimum Gasteiger partial charge on any atom is -0.489 e. The maximum atomic E-state index is 13.9. The fraction of sp³-hybridized carbons (Fsp3) is 0.0645. The average Bonchev–Trinajstić information content (AvgIpc) is 2.96. The molecule has 0 atom stereocenters. The predicted molar refractivity (Wildman–Crippen MR) is 156 cm³/mol. The lowest BCUT2D eigenvalue weighted by Crippen LogP contribution is -2.54. The number of amides is 4. The first-order valence-corrected chi connectivity index (χ1v) is 13.5. The number of carbonyl (C=O) groups is 3. The van der Waals surface area contributed by atoms with E-state index in [-0.39, 0.29) is 23.7 Å². The maximum absolute atomic E-state index is 13.9. The summed E-state index contributed by atoms with van der Waals surface area (Å²) in [5.74, 6) is -0.974. The van der Waals surface area contributed by atoms with Gasteiger partial charge in [-0.25, -0.2) is 14.1 Å². The fourth-order valence-electron chi connectivity index (χ4n) is 3.99. The number of anilines is 1. The Bertz CT molecular complexity index is 1660. The average molecular weight is 636 g/mol. The number of barbiturate groups is 1. The molecule has 5 rings (SSSR count). The molecule has 0 spiro atoms. The summed E-state index contributed by atoms with van der Waals surface area (Å²) in [6.07, 6.45) is 1.38. The number of urea groups is 1. The molecule has 206 valence electrons. The van der Waals surface area contributed by atoms with Gasteiger partial charge in [-0.05, 0) is 87.7 Å². The Kier molecular flexibility index (Phi) is 8.47. The molecule has 0 unspecified atom stereocenters. The molecule has 1 N–H and O–H groups in total. The second kappa shape index (κ2) is 12.4. The number of imide groups is 2. The highest BCUT2D eigenvalue weighted by Crippen LogP contribution is 2.29. The number of hydrogen-bond donors (Lipinski definition) is 1. The van der Waals surface area contributed by atoms with Crippen molar-refractivity contribution in [2.45, 2.75) is 13.2 Å². The van der Waals surface area contributed by atoms with Crippen LogP contribution < -0.4 is 19.7 Å². The molecule has 0 aliphatic carbocycles. The van der Waals surface area contributed by atoms with Crippen LogP contribution in [0.1, 0.15) is 16.7 Å². The van der Waals surface area contributed by atoms with Gasteiger partial charge < -0.3 is 9.47 Å². The van der Waals surface area contributed by atoms with Crippen LogP contribution in [0.3, 0.4) is 0 Å². The maximum Gasteiger partial charge on any atom is 0.335 e. The molecule has 10 heteroatoms. The Hall–Kier alpha value is -4.47. The number of nitrogens with zero attached hydrogens (tertiary/aromatic N) is 1. The van der Waals surface area contributed by atoms with Gasteiger partial charge in [-0.3, -0.25) is 14.9 Å². The van der Waals surface area contributed by atoms with Crippen molar-refractivity contribution in [1.29, 1.82) is 0 Å². The summed E-state index contributed by atoms with van der Waals surface area (Å²) in [6, 6.07) is 24.0. The van der Waals surface area contributed by atoms with Crippen molar-refractivity contribution in [3.05, 3.63) is 129 Å². The number of carbonyl (C=O) groups excluding carboxylic acids is 3. The fourth-order valence-corrected chi connectivity index (χ4v) is 4.63. The van der Waals surface area contributed by atoms with E-state index < -0.39 is 17.8 Å². The Morgan fingerprint density at radius 1 is 0.878 bits per heavy atom. The Labute approximate surface area is 248 Å². The van der Waals surface area contributed by atoms with Gasteiger partial charge in [0.25, 0.3) is 11.8 Å².